The van der Waals surface area contributed by atoms with Crippen LogP contribution in [-0.2, 0) is 9.59 Å². The van der Waals surface area contributed by atoms with Gasteiger partial charge in [0.1, 0.15) is 0 Å². The van der Waals surface area contributed by atoms with E-state index in [0.29, 0.717) is 5.13 Å². The number of benzene rings is 2. The van der Waals surface area contributed by atoms with E-state index in [1.165, 1.54) is 18.3 Å². The Kier molecular flexibility index (Phi) is 4.85. The summed E-state index contributed by atoms with van der Waals surface area (Å²) in [5, 5.41) is 7.05. The lowest BCUT2D eigenvalue weighted by atomic mass is 10.2. The summed E-state index contributed by atoms with van der Waals surface area (Å²) in [6.07, 6.45) is 0. The molecule has 1 aromatic heterocycles. The second-order valence-electron chi connectivity index (χ2n) is 5.38. The number of thiazole rings is 1. The Morgan fingerprint density at radius 2 is 1.80 bits per heavy atom. The number of carbonyl (C=O) groups excluding carboxylic acids is 2. The van der Waals surface area contributed by atoms with Crippen molar-refractivity contribution in [2.75, 3.05) is 10.7 Å². The highest BCUT2D eigenvalue weighted by molar-refractivity contribution is 7.22. The van der Waals surface area contributed by atoms with Crippen molar-refractivity contribution in [3.63, 3.8) is 0 Å². The number of ketones is 1. The number of aryl methyl sites for hydroxylation is 1. The van der Waals surface area contributed by atoms with Gasteiger partial charge in [0.15, 0.2) is 16.6 Å². The lowest BCUT2D eigenvalue weighted by Crippen LogP contribution is -2.29. The van der Waals surface area contributed by atoms with Crippen molar-refractivity contribution in [1.29, 1.82) is 0 Å². The van der Waals surface area contributed by atoms with Crippen molar-refractivity contribution >= 4 is 49.8 Å². The first kappa shape index (κ1) is 16.8. The number of hydrogen-bond acceptors (Lipinski definition) is 6. The van der Waals surface area contributed by atoms with Crippen molar-refractivity contribution in [1.82, 2.24) is 4.98 Å². The maximum Gasteiger partial charge on any atom is 0.281 e. The number of fused-ring (bicyclic) bond motifs is 1. The van der Waals surface area contributed by atoms with Crippen LogP contribution in [0.2, 0.25) is 0 Å². The Morgan fingerprint density at radius 1 is 1.08 bits per heavy atom. The lowest BCUT2D eigenvalue weighted by Gasteiger charge is -2.06. The third-order valence-electron chi connectivity index (χ3n) is 3.50. The Hall–Kier alpha value is -3.06. The van der Waals surface area contributed by atoms with Crippen LogP contribution in [0.1, 0.15) is 12.5 Å². The molecule has 25 heavy (non-hydrogen) atoms. The highest BCUT2D eigenvalue weighted by Gasteiger charge is 2.18. The molecule has 2 aromatic carbocycles. The van der Waals surface area contributed by atoms with Crippen LogP contribution in [0.25, 0.3) is 10.2 Å². The van der Waals surface area contributed by atoms with Crippen molar-refractivity contribution in [2.24, 2.45) is 5.10 Å². The van der Waals surface area contributed by atoms with Crippen LogP contribution in [0.15, 0.2) is 53.6 Å². The number of hydrazone groups is 1. The van der Waals surface area contributed by atoms with Gasteiger partial charge in [-0.15, -0.1) is 0 Å². The fourth-order valence-electron chi connectivity index (χ4n) is 2.19. The van der Waals surface area contributed by atoms with Crippen molar-refractivity contribution in [2.45, 2.75) is 13.8 Å². The molecule has 1 heterocycles. The van der Waals surface area contributed by atoms with Gasteiger partial charge in [-0.3, -0.25) is 20.3 Å². The number of nitrogens with zero attached hydrogens (tertiary/aromatic N) is 2. The summed E-state index contributed by atoms with van der Waals surface area (Å²) in [7, 11) is 0. The summed E-state index contributed by atoms with van der Waals surface area (Å²) >= 11 is 1.34. The van der Waals surface area contributed by atoms with Gasteiger partial charge in [0, 0.05) is 6.92 Å². The van der Waals surface area contributed by atoms with E-state index in [9.17, 15) is 9.59 Å². The van der Waals surface area contributed by atoms with Crippen molar-refractivity contribution in [3.05, 3.63) is 54.1 Å². The number of Topliss-reactive ketones (excluding diaryl/α,β-unsaturated/α-hetero) is 1. The second-order valence-corrected chi connectivity index (χ2v) is 6.41. The monoisotopic (exact) mass is 352 g/mol. The molecule has 1 amide bonds. The van der Waals surface area contributed by atoms with Gasteiger partial charge in [-0.1, -0.05) is 41.7 Å². The lowest BCUT2D eigenvalue weighted by molar-refractivity contribution is -0.114. The fraction of sp³-hybridized carbons (Fsp3) is 0.111. The van der Waals surface area contributed by atoms with Gasteiger partial charge in [-0.2, -0.15) is 5.10 Å². The average molecular weight is 352 g/mol. The van der Waals surface area contributed by atoms with E-state index in [0.717, 1.165) is 21.5 Å². The normalized spacial score (nSPS) is 11.4. The summed E-state index contributed by atoms with van der Waals surface area (Å²) in [5.74, 6) is -1.02. The van der Waals surface area contributed by atoms with Crippen LogP contribution in [0.5, 0.6) is 0 Å². The van der Waals surface area contributed by atoms with Crippen LogP contribution in [0.3, 0.4) is 0 Å². The minimum Gasteiger partial charge on any atom is -0.296 e. The molecule has 0 fully saturated rings. The highest BCUT2D eigenvalue weighted by Crippen LogP contribution is 2.25. The van der Waals surface area contributed by atoms with Crippen LogP contribution in [0, 0.1) is 6.92 Å². The molecule has 0 saturated heterocycles. The molecule has 0 spiro atoms. The summed E-state index contributed by atoms with van der Waals surface area (Å²) < 4.78 is 0.956. The molecule has 7 heteroatoms. The molecule has 6 nitrogen and oxygen atoms in total. The van der Waals surface area contributed by atoms with Gasteiger partial charge in [0.2, 0.25) is 0 Å². The van der Waals surface area contributed by atoms with E-state index in [-0.39, 0.29) is 5.71 Å². The number of aromatic nitrogens is 1. The standard InChI is InChI=1S/C18H16N4O2S/c1-11-7-3-4-8-13(11)21-22-16(12(2)23)17(24)20-18-19-14-9-5-6-10-15(14)25-18/h3-10,21H,1-2H3,(H,19,20,24)/b22-16+. The van der Waals surface area contributed by atoms with Gasteiger partial charge >= 0.3 is 0 Å². The zero-order chi connectivity index (χ0) is 17.8. The topological polar surface area (TPSA) is 83.5 Å². The number of anilines is 2. The Balaban J connectivity index is 1.80. The summed E-state index contributed by atoms with van der Waals surface area (Å²) in [5.41, 5.74) is 5.05. The molecule has 0 saturated carbocycles. The molecule has 0 radical (unpaired) electrons. The molecule has 0 bridgehead atoms. The predicted octanol–water partition coefficient (Wildman–Crippen LogP) is 3.60. The smallest absolute Gasteiger partial charge is 0.281 e. The Bertz CT molecular complexity index is 945. The molecule has 0 unspecified atom stereocenters. The first-order valence-corrected chi connectivity index (χ1v) is 8.43. The molecule has 0 aliphatic rings. The number of carbonyl (C=O) groups is 2. The second kappa shape index (κ2) is 7.23. The molecular formula is C18H16N4O2S. The SMILES string of the molecule is CC(=O)/C(=N\Nc1ccccc1C)C(=O)Nc1nc2ccccc2s1. The van der Waals surface area contributed by atoms with Crippen molar-refractivity contribution < 1.29 is 9.59 Å². The van der Waals surface area contributed by atoms with Crippen LogP contribution < -0.4 is 10.7 Å². The van der Waals surface area contributed by atoms with Crippen LogP contribution in [0.4, 0.5) is 10.8 Å². The van der Waals surface area contributed by atoms with E-state index in [2.05, 4.69) is 20.8 Å². The maximum atomic E-state index is 12.4. The van der Waals surface area contributed by atoms with E-state index in [4.69, 9.17) is 0 Å². The minimum atomic E-state index is -0.590. The summed E-state index contributed by atoms with van der Waals surface area (Å²) in [4.78, 5) is 28.5. The Labute approximate surface area is 148 Å². The van der Waals surface area contributed by atoms with E-state index in [1.54, 1.807) is 0 Å². The largest absolute Gasteiger partial charge is 0.296 e. The maximum absolute atomic E-state index is 12.4. The van der Waals surface area contributed by atoms with Crippen LogP contribution >= 0.6 is 11.3 Å². The molecular weight excluding hydrogens is 336 g/mol. The van der Waals surface area contributed by atoms with Gasteiger partial charge in [-0.25, -0.2) is 4.98 Å². The van der Waals surface area contributed by atoms with Crippen molar-refractivity contribution in [3.8, 4) is 0 Å². The van der Waals surface area contributed by atoms with Gasteiger partial charge < -0.3 is 0 Å². The molecule has 0 aliphatic carbocycles. The molecule has 2 N–H and O–H groups in total. The van der Waals surface area contributed by atoms with Gasteiger partial charge in [0.25, 0.3) is 5.91 Å². The first-order valence-electron chi connectivity index (χ1n) is 7.62. The van der Waals surface area contributed by atoms with E-state index in [1.807, 2.05) is 55.5 Å². The molecule has 0 aliphatic heterocycles. The minimum absolute atomic E-state index is 0.206. The first-order chi connectivity index (χ1) is 12.0. The predicted molar refractivity (Wildman–Crippen MR) is 101 cm³/mol. The molecule has 0 atom stereocenters. The molecule has 126 valence electrons. The number of rotatable bonds is 5. The third-order valence-corrected chi connectivity index (χ3v) is 4.45. The quantitative estimate of drug-likeness (QED) is 0.417. The van der Waals surface area contributed by atoms with Gasteiger partial charge in [0.05, 0.1) is 15.9 Å². The van der Waals surface area contributed by atoms with Gasteiger partial charge in [-0.05, 0) is 30.7 Å². The fourth-order valence-corrected chi connectivity index (χ4v) is 3.05. The summed E-state index contributed by atoms with van der Waals surface area (Å²) in [6, 6.07) is 15.0. The number of amides is 1. The zero-order valence-electron chi connectivity index (χ0n) is 13.7. The average Bonchev–Trinajstić information content (AvgIpc) is 2.98. The van der Waals surface area contributed by atoms with Crippen LogP contribution in [-0.4, -0.2) is 22.4 Å². The highest BCUT2D eigenvalue weighted by atomic mass is 32.1. The number of nitrogens with one attached hydrogen (secondary N) is 2. The number of hydrogen-bond donors (Lipinski definition) is 2. The van der Waals surface area contributed by atoms with E-state index < -0.39 is 11.7 Å². The summed E-state index contributed by atoms with van der Waals surface area (Å²) in [6.45, 7) is 3.21. The van der Waals surface area contributed by atoms with E-state index >= 15 is 0 Å². The molecule has 3 aromatic rings. The third kappa shape index (κ3) is 3.89. The number of para-hydroxylation sites is 2. The Morgan fingerprint density at radius 3 is 2.52 bits per heavy atom. The zero-order valence-corrected chi connectivity index (χ0v) is 14.6. The molecule has 3 rings (SSSR count).